The highest BCUT2D eigenvalue weighted by Crippen LogP contribution is 2.22. The van der Waals surface area contributed by atoms with Crippen LogP contribution in [-0.2, 0) is 13.2 Å². The molecule has 3 rings (SSSR count). The lowest BCUT2D eigenvalue weighted by molar-refractivity contribution is 0.303. The summed E-state index contributed by atoms with van der Waals surface area (Å²) < 4.78 is 5.97. The van der Waals surface area contributed by atoms with Gasteiger partial charge >= 0.3 is 0 Å². The molecule has 1 N–H and O–H groups in total. The van der Waals surface area contributed by atoms with E-state index in [-0.39, 0.29) is 0 Å². The highest BCUT2D eigenvalue weighted by atomic mass is 35.5. The maximum atomic E-state index is 6.18. The minimum Gasteiger partial charge on any atom is -0.488 e. The van der Waals surface area contributed by atoms with Crippen molar-refractivity contribution in [2.45, 2.75) is 13.2 Å². The first-order valence-corrected chi connectivity index (χ1v) is 7.94. The van der Waals surface area contributed by atoms with Crippen LogP contribution < -0.4 is 10.1 Å². The summed E-state index contributed by atoms with van der Waals surface area (Å²) in [5, 5.41) is 4.13. The average Bonchev–Trinajstić information content (AvgIpc) is 2.61. The molecule has 0 bridgehead atoms. The van der Waals surface area contributed by atoms with Gasteiger partial charge in [0.15, 0.2) is 0 Å². The Labute approximate surface area is 141 Å². The minimum atomic E-state index is 0.460. The minimum absolute atomic E-state index is 0.460. The molecule has 0 unspecified atom stereocenters. The van der Waals surface area contributed by atoms with Gasteiger partial charge in [-0.05, 0) is 24.3 Å². The number of hydrogen-bond acceptors (Lipinski definition) is 2. The normalized spacial score (nSPS) is 10.3. The summed E-state index contributed by atoms with van der Waals surface area (Å²) in [7, 11) is 0. The van der Waals surface area contributed by atoms with E-state index in [0.29, 0.717) is 13.2 Å². The Morgan fingerprint density at radius 2 is 1.39 bits per heavy atom. The van der Waals surface area contributed by atoms with Gasteiger partial charge in [-0.15, -0.1) is 0 Å². The maximum absolute atomic E-state index is 6.18. The molecular weight excluding hydrogens is 306 g/mol. The Morgan fingerprint density at radius 1 is 0.739 bits per heavy atom. The van der Waals surface area contributed by atoms with Crippen LogP contribution in [0.25, 0.3) is 0 Å². The van der Waals surface area contributed by atoms with E-state index in [9.17, 15) is 0 Å². The second-order valence-electron chi connectivity index (χ2n) is 5.21. The molecule has 3 aromatic carbocycles. The molecule has 0 saturated heterocycles. The van der Waals surface area contributed by atoms with E-state index in [4.69, 9.17) is 16.3 Å². The topological polar surface area (TPSA) is 21.3 Å². The van der Waals surface area contributed by atoms with Crippen molar-refractivity contribution in [3.8, 4) is 5.75 Å². The van der Waals surface area contributed by atoms with Crippen molar-refractivity contribution in [2.24, 2.45) is 0 Å². The lowest BCUT2D eigenvalue weighted by Gasteiger charge is -2.13. The average molecular weight is 324 g/mol. The molecule has 0 heterocycles. The molecule has 0 aliphatic carbocycles. The number of nitrogens with one attached hydrogen (secondary N) is 1. The Hall–Kier alpha value is -2.45. The number of anilines is 1. The summed E-state index contributed by atoms with van der Waals surface area (Å²) in [6, 6.07) is 25.9. The zero-order chi connectivity index (χ0) is 15.9. The van der Waals surface area contributed by atoms with Crippen molar-refractivity contribution >= 4 is 17.3 Å². The van der Waals surface area contributed by atoms with Crippen LogP contribution in [-0.4, -0.2) is 0 Å². The molecule has 0 spiro atoms. The van der Waals surface area contributed by atoms with Gasteiger partial charge in [-0.2, -0.15) is 0 Å². The number of benzene rings is 3. The molecule has 0 saturated carbocycles. The van der Waals surface area contributed by atoms with Crippen molar-refractivity contribution in [3.63, 3.8) is 0 Å². The highest BCUT2D eigenvalue weighted by Gasteiger charge is 2.05. The number of para-hydroxylation sites is 2. The van der Waals surface area contributed by atoms with Gasteiger partial charge in [0.2, 0.25) is 0 Å². The number of ether oxygens (including phenoxy) is 1. The van der Waals surface area contributed by atoms with Crippen LogP contribution in [0.3, 0.4) is 0 Å². The monoisotopic (exact) mass is 323 g/mol. The quantitative estimate of drug-likeness (QED) is 0.644. The second-order valence-corrected chi connectivity index (χ2v) is 5.61. The number of hydrogen-bond donors (Lipinski definition) is 1. The zero-order valence-electron chi connectivity index (χ0n) is 12.7. The SMILES string of the molecule is Clc1ccccc1COc1ccccc1CNc1ccccc1. The molecule has 3 heteroatoms. The first-order valence-electron chi connectivity index (χ1n) is 7.56. The third kappa shape index (κ3) is 4.27. The fourth-order valence-corrected chi connectivity index (χ4v) is 2.51. The van der Waals surface area contributed by atoms with Crippen molar-refractivity contribution in [1.82, 2.24) is 0 Å². The van der Waals surface area contributed by atoms with Crippen LogP contribution in [0.1, 0.15) is 11.1 Å². The fraction of sp³-hybridized carbons (Fsp3) is 0.100. The molecule has 116 valence electrons. The van der Waals surface area contributed by atoms with Gasteiger partial charge in [0, 0.05) is 28.4 Å². The summed E-state index contributed by atoms with van der Waals surface area (Å²) in [6.45, 7) is 1.17. The van der Waals surface area contributed by atoms with Crippen molar-refractivity contribution in [3.05, 3.63) is 95.0 Å². The van der Waals surface area contributed by atoms with Crippen LogP contribution in [0.5, 0.6) is 5.75 Å². The first-order chi connectivity index (χ1) is 11.3. The lowest BCUT2D eigenvalue weighted by atomic mass is 10.2. The van der Waals surface area contributed by atoms with Crippen LogP contribution in [0.2, 0.25) is 5.02 Å². The molecule has 0 aliphatic heterocycles. The molecular formula is C20H18ClNO. The molecule has 0 atom stereocenters. The van der Waals surface area contributed by atoms with Gasteiger partial charge in [0.25, 0.3) is 0 Å². The van der Waals surface area contributed by atoms with E-state index in [2.05, 4.69) is 11.4 Å². The van der Waals surface area contributed by atoms with Gasteiger partial charge in [-0.1, -0.05) is 66.2 Å². The van der Waals surface area contributed by atoms with Gasteiger partial charge in [-0.3, -0.25) is 0 Å². The fourth-order valence-electron chi connectivity index (χ4n) is 2.31. The van der Waals surface area contributed by atoms with Crippen LogP contribution >= 0.6 is 11.6 Å². The van der Waals surface area contributed by atoms with E-state index in [1.807, 2.05) is 72.8 Å². The molecule has 0 fully saturated rings. The smallest absolute Gasteiger partial charge is 0.124 e. The van der Waals surface area contributed by atoms with Gasteiger partial charge in [0.05, 0.1) is 0 Å². The predicted molar refractivity (Wildman–Crippen MR) is 96.0 cm³/mol. The van der Waals surface area contributed by atoms with Crippen LogP contribution in [0, 0.1) is 0 Å². The molecule has 2 nitrogen and oxygen atoms in total. The van der Waals surface area contributed by atoms with E-state index in [1.165, 1.54) is 0 Å². The van der Waals surface area contributed by atoms with Crippen molar-refractivity contribution in [2.75, 3.05) is 5.32 Å². The molecule has 3 aromatic rings. The number of halogens is 1. The maximum Gasteiger partial charge on any atom is 0.124 e. The Bertz CT molecular complexity index is 758. The van der Waals surface area contributed by atoms with E-state index in [0.717, 1.165) is 27.6 Å². The molecule has 0 radical (unpaired) electrons. The van der Waals surface area contributed by atoms with E-state index >= 15 is 0 Å². The third-order valence-electron chi connectivity index (χ3n) is 3.57. The summed E-state index contributed by atoms with van der Waals surface area (Å²) in [5.41, 5.74) is 3.19. The van der Waals surface area contributed by atoms with Gasteiger partial charge in [-0.25, -0.2) is 0 Å². The second kappa shape index (κ2) is 7.70. The lowest BCUT2D eigenvalue weighted by Crippen LogP contribution is -2.03. The molecule has 23 heavy (non-hydrogen) atoms. The van der Waals surface area contributed by atoms with Crippen molar-refractivity contribution < 1.29 is 4.74 Å². The van der Waals surface area contributed by atoms with Crippen LogP contribution in [0.4, 0.5) is 5.69 Å². The summed E-state index contributed by atoms with van der Waals surface area (Å²) in [6.07, 6.45) is 0. The Balaban J connectivity index is 1.67. The first kappa shape index (κ1) is 15.4. The summed E-state index contributed by atoms with van der Waals surface area (Å²) in [4.78, 5) is 0. The number of rotatable bonds is 6. The van der Waals surface area contributed by atoms with E-state index < -0.39 is 0 Å². The van der Waals surface area contributed by atoms with E-state index in [1.54, 1.807) is 0 Å². The van der Waals surface area contributed by atoms with Crippen molar-refractivity contribution in [1.29, 1.82) is 0 Å². The predicted octanol–water partition coefficient (Wildman–Crippen LogP) is 5.53. The van der Waals surface area contributed by atoms with Gasteiger partial charge in [0.1, 0.15) is 12.4 Å². The summed E-state index contributed by atoms with van der Waals surface area (Å²) >= 11 is 6.18. The Kier molecular flexibility index (Phi) is 5.17. The van der Waals surface area contributed by atoms with Gasteiger partial charge < -0.3 is 10.1 Å². The molecule has 0 aromatic heterocycles. The standard InChI is InChI=1S/C20H18ClNO/c21-19-12-6-4-9-17(19)15-23-20-13-7-5-8-16(20)14-22-18-10-2-1-3-11-18/h1-13,22H,14-15H2. The Morgan fingerprint density at radius 3 is 2.17 bits per heavy atom. The highest BCUT2D eigenvalue weighted by molar-refractivity contribution is 6.31. The molecule has 0 amide bonds. The third-order valence-corrected chi connectivity index (χ3v) is 3.94. The summed E-state index contributed by atoms with van der Waals surface area (Å²) in [5.74, 6) is 0.871. The molecule has 0 aliphatic rings. The van der Waals surface area contributed by atoms with Crippen LogP contribution in [0.15, 0.2) is 78.9 Å². The zero-order valence-corrected chi connectivity index (χ0v) is 13.5. The largest absolute Gasteiger partial charge is 0.488 e.